The summed E-state index contributed by atoms with van der Waals surface area (Å²) >= 11 is 1.12. The smallest absolute Gasteiger partial charge is 0.337 e. The van der Waals surface area contributed by atoms with Gasteiger partial charge in [-0.2, -0.15) is 0 Å². The molecule has 0 unspecified atom stereocenters. The van der Waals surface area contributed by atoms with Crippen LogP contribution in [0.4, 0.5) is 0 Å². The van der Waals surface area contributed by atoms with E-state index in [0.717, 1.165) is 11.3 Å². The number of aromatic carboxylic acids is 1. The Kier molecular flexibility index (Phi) is 2.82. The van der Waals surface area contributed by atoms with Crippen molar-refractivity contribution < 1.29 is 9.90 Å². The molecule has 16 heavy (non-hydrogen) atoms. The van der Waals surface area contributed by atoms with E-state index >= 15 is 0 Å². The van der Waals surface area contributed by atoms with Crippen LogP contribution in [-0.4, -0.2) is 20.6 Å². The van der Waals surface area contributed by atoms with Gasteiger partial charge in [0, 0.05) is 17.8 Å². The summed E-state index contributed by atoms with van der Waals surface area (Å²) in [6.07, 6.45) is 2.97. The van der Waals surface area contributed by atoms with Gasteiger partial charge in [0.1, 0.15) is 0 Å². The number of carboxylic acid groups (broad SMARTS) is 1. The van der Waals surface area contributed by atoms with Gasteiger partial charge in [-0.1, -0.05) is 11.3 Å². The molecule has 0 amide bonds. The van der Waals surface area contributed by atoms with Crippen molar-refractivity contribution in [2.75, 3.05) is 0 Å². The van der Waals surface area contributed by atoms with Gasteiger partial charge in [-0.05, 0) is 12.1 Å². The van der Waals surface area contributed by atoms with Gasteiger partial charge < -0.3 is 5.11 Å². The summed E-state index contributed by atoms with van der Waals surface area (Å²) in [5, 5.41) is 10.4. The Hall–Kier alpha value is -1.95. The molecule has 0 saturated carbocycles. The summed E-state index contributed by atoms with van der Waals surface area (Å²) in [5.74, 6) is -1.01. The molecule has 0 aliphatic carbocycles. The van der Waals surface area contributed by atoms with Gasteiger partial charge in [-0.15, -0.1) is 0 Å². The standard InChI is InChI=1S/C10H8N2O3S/c13-9(14)7-1-2-8(11-5-7)6-12-3-4-16-10(12)15/h1-5H,6H2,(H,13,14). The quantitative estimate of drug-likeness (QED) is 0.864. The van der Waals surface area contributed by atoms with E-state index in [2.05, 4.69) is 4.98 Å². The lowest BCUT2D eigenvalue weighted by molar-refractivity contribution is 0.0696. The zero-order chi connectivity index (χ0) is 11.5. The lowest BCUT2D eigenvalue weighted by Crippen LogP contribution is -2.13. The number of hydrogen-bond donors (Lipinski definition) is 1. The largest absolute Gasteiger partial charge is 0.478 e. The van der Waals surface area contributed by atoms with Crippen LogP contribution >= 0.6 is 11.3 Å². The molecule has 2 aromatic rings. The first-order valence-electron chi connectivity index (χ1n) is 4.49. The monoisotopic (exact) mass is 236 g/mol. The molecule has 0 atom stereocenters. The predicted octanol–water partition coefficient (Wildman–Crippen LogP) is 1.05. The Labute approximate surface area is 94.6 Å². The Morgan fingerprint density at radius 1 is 1.50 bits per heavy atom. The van der Waals surface area contributed by atoms with Gasteiger partial charge in [-0.25, -0.2) is 4.79 Å². The van der Waals surface area contributed by atoms with Gasteiger partial charge in [0.15, 0.2) is 0 Å². The van der Waals surface area contributed by atoms with E-state index < -0.39 is 5.97 Å². The SMILES string of the molecule is O=C(O)c1ccc(Cn2ccsc2=O)nc1. The number of hydrogen-bond acceptors (Lipinski definition) is 4. The maximum absolute atomic E-state index is 11.3. The molecule has 5 nitrogen and oxygen atoms in total. The van der Waals surface area contributed by atoms with Crippen LogP contribution in [0.5, 0.6) is 0 Å². The third kappa shape index (κ3) is 2.17. The summed E-state index contributed by atoms with van der Waals surface area (Å²) in [7, 11) is 0. The molecule has 2 rings (SSSR count). The first-order chi connectivity index (χ1) is 7.66. The molecule has 0 aliphatic heterocycles. The summed E-state index contributed by atoms with van der Waals surface area (Å²) in [6, 6.07) is 3.08. The van der Waals surface area contributed by atoms with E-state index in [-0.39, 0.29) is 10.4 Å². The molecule has 1 N–H and O–H groups in total. The third-order valence-corrected chi connectivity index (χ3v) is 2.74. The number of aromatic nitrogens is 2. The summed E-state index contributed by atoms with van der Waals surface area (Å²) in [5.41, 5.74) is 0.798. The zero-order valence-electron chi connectivity index (χ0n) is 8.16. The van der Waals surface area contributed by atoms with Crippen LogP contribution < -0.4 is 4.87 Å². The second-order valence-electron chi connectivity index (χ2n) is 3.14. The van der Waals surface area contributed by atoms with E-state index in [1.807, 2.05) is 0 Å². The van der Waals surface area contributed by atoms with Crippen LogP contribution in [0.25, 0.3) is 0 Å². The van der Waals surface area contributed by atoms with Gasteiger partial charge in [0.05, 0.1) is 17.8 Å². The van der Waals surface area contributed by atoms with Gasteiger partial charge in [0.25, 0.3) is 0 Å². The first-order valence-corrected chi connectivity index (χ1v) is 5.37. The fraction of sp³-hybridized carbons (Fsp3) is 0.100. The van der Waals surface area contributed by atoms with Gasteiger partial charge >= 0.3 is 10.8 Å². The number of rotatable bonds is 3. The Bertz CT molecular complexity index is 556. The van der Waals surface area contributed by atoms with E-state index in [1.54, 1.807) is 17.6 Å². The van der Waals surface area contributed by atoms with Crippen LogP contribution in [0.2, 0.25) is 0 Å². The highest BCUT2D eigenvalue weighted by Gasteiger charge is 2.04. The number of carbonyl (C=O) groups is 1. The Balaban J connectivity index is 2.20. The number of carboxylic acids is 1. The van der Waals surface area contributed by atoms with Crippen LogP contribution in [-0.2, 0) is 6.54 Å². The van der Waals surface area contributed by atoms with Crippen molar-refractivity contribution in [2.45, 2.75) is 6.54 Å². The van der Waals surface area contributed by atoms with E-state index in [1.165, 1.54) is 16.8 Å². The highest BCUT2D eigenvalue weighted by Crippen LogP contribution is 2.02. The molecular weight excluding hydrogens is 228 g/mol. The fourth-order valence-electron chi connectivity index (χ4n) is 1.23. The molecule has 2 heterocycles. The molecule has 0 saturated heterocycles. The normalized spacial score (nSPS) is 10.2. The highest BCUT2D eigenvalue weighted by atomic mass is 32.1. The summed E-state index contributed by atoms with van der Waals surface area (Å²) < 4.78 is 1.52. The third-order valence-electron chi connectivity index (χ3n) is 2.05. The molecule has 0 aromatic carbocycles. The van der Waals surface area contributed by atoms with Gasteiger partial charge in [0.2, 0.25) is 0 Å². The minimum absolute atomic E-state index is 0.0517. The maximum Gasteiger partial charge on any atom is 0.337 e. The van der Waals surface area contributed by atoms with Crippen molar-refractivity contribution in [3.63, 3.8) is 0 Å². The maximum atomic E-state index is 11.3. The minimum Gasteiger partial charge on any atom is -0.478 e. The second kappa shape index (κ2) is 4.28. The molecule has 82 valence electrons. The molecule has 0 fully saturated rings. The molecule has 6 heteroatoms. The molecule has 0 bridgehead atoms. The average Bonchev–Trinajstić information content (AvgIpc) is 2.65. The van der Waals surface area contributed by atoms with E-state index in [4.69, 9.17) is 5.11 Å². The molecule has 0 aliphatic rings. The fourth-order valence-corrected chi connectivity index (χ4v) is 1.81. The van der Waals surface area contributed by atoms with Gasteiger partial charge in [-0.3, -0.25) is 14.3 Å². The number of pyridine rings is 1. The number of thiazole rings is 1. The van der Waals surface area contributed by atoms with E-state index in [9.17, 15) is 9.59 Å². The molecule has 0 radical (unpaired) electrons. The van der Waals surface area contributed by atoms with Crippen molar-refractivity contribution in [1.82, 2.24) is 9.55 Å². The zero-order valence-corrected chi connectivity index (χ0v) is 8.98. The second-order valence-corrected chi connectivity index (χ2v) is 4.00. The van der Waals surface area contributed by atoms with E-state index in [0.29, 0.717) is 12.2 Å². The topological polar surface area (TPSA) is 72.2 Å². The summed E-state index contributed by atoms with van der Waals surface area (Å²) in [4.78, 5) is 25.8. The molecule has 2 aromatic heterocycles. The van der Waals surface area contributed by atoms with Crippen molar-refractivity contribution >= 4 is 17.3 Å². The lowest BCUT2D eigenvalue weighted by Gasteiger charge is -2.01. The number of nitrogens with zero attached hydrogens (tertiary/aromatic N) is 2. The highest BCUT2D eigenvalue weighted by molar-refractivity contribution is 7.07. The molecule has 0 spiro atoms. The molecular formula is C10H8N2O3S. The van der Waals surface area contributed by atoms with Crippen molar-refractivity contribution in [2.24, 2.45) is 0 Å². The Morgan fingerprint density at radius 3 is 2.81 bits per heavy atom. The average molecular weight is 236 g/mol. The van der Waals surface area contributed by atoms with Crippen molar-refractivity contribution in [3.05, 3.63) is 50.8 Å². The first kappa shape index (κ1) is 10.6. The van der Waals surface area contributed by atoms with Crippen molar-refractivity contribution in [3.8, 4) is 0 Å². The minimum atomic E-state index is -1.01. The van der Waals surface area contributed by atoms with Crippen LogP contribution in [0.1, 0.15) is 16.1 Å². The van der Waals surface area contributed by atoms with Crippen molar-refractivity contribution in [1.29, 1.82) is 0 Å². The predicted molar refractivity (Wildman–Crippen MR) is 58.9 cm³/mol. The van der Waals surface area contributed by atoms with Crippen LogP contribution in [0, 0.1) is 0 Å². The van der Waals surface area contributed by atoms with Crippen LogP contribution in [0.15, 0.2) is 34.7 Å². The Morgan fingerprint density at radius 2 is 2.31 bits per heavy atom. The summed E-state index contributed by atoms with van der Waals surface area (Å²) in [6.45, 7) is 0.363. The lowest BCUT2D eigenvalue weighted by atomic mass is 10.2. The van der Waals surface area contributed by atoms with Crippen LogP contribution in [0.3, 0.4) is 0 Å².